The Morgan fingerprint density at radius 2 is 2.21 bits per heavy atom. The Labute approximate surface area is 92.5 Å². The summed E-state index contributed by atoms with van der Waals surface area (Å²) < 4.78 is 18.1. The van der Waals surface area contributed by atoms with Crippen molar-refractivity contribution >= 4 is 28.7 Å². The van der Waals surface area contributed by atoms with Crippen LogP contribution in [0, 0.1) is 6.92 Å². The van der Waals surface area contributed by atoms with Gasteiger partial charge in [0.25, 0.3) is 0 Å². The second-order valence-corrected chi connectivity index (χ2v) is 6.37. The third-order valence-electron chi connectivity index (χ3n) is 1.70. The first-order valence-corrected chi connectivity index (χ1v) is 7.19. The summed E-state index contributed by atoms with van der Waals surface area (Å²) in [7, 11) is -2.74. The van der Waals surface area contributed by atoms with Gasteiger partial charge in [-0.1, -0.05) is 15.9 Å². The van der Waals surface area contributed by atoms with E-state index in [2.05, 4.69) is 20.9 Å². The van der Waals surface area contributed by atoms with Crippen LogP contribution in [0.25, 0.3) is 0 Å². The summed E-state index contributed by atoms with van der Waals surface area (Å²) in [6.45, 7) is 5.70. The number of nitrogens with zero attached hydrogens (tertiary/aromatic N) is 1. The Hall–Kier alpha value is -0.180. The van der Waals surface area contributed by atoms with Gasteiger partial charge in [0, 0.05) is 16.8 Å². The highest BCUT2D eigenvalue weighted by atomic mass is 79.9. The topological polar surface area (TPSA) is 39.2 Å². The van der Waals surface area contributed by atoms with Crippen molar-refractivity contribution < 1.29 is 9.09 Å². The van der Waals surface area contributed by atoms with E-state index in [9.17, 15) is 4.57 Å². The monoisotopic (exact) mass is 277 g/mol. The largest absolute Gasteiger partial charge is 0.325 e. The Morgan fingerprint density at radius 3 is 2.71 bits per heavy atom. The van der Waals surface area contributed by atoms with Crippen LogP contribution in [0.3, 0.4) is 0 Å². The zero-order chi connectivity index (χ0) is 10.8. The molecule has 14 heavy (non-hydrogen) atoms. The molecule has 0 saturated carbocycles. The van der Waals surface area contributed by atoms with E-state index < -0.39 is 7.37 Å². The fourth-order valence-electron chi connectivity index (χ4n) is 1.13. The van der Waals surface area contributed by atoms with Gasteiger partial charge in [-0.05, 0) is 26.0 Å². The number of hydrogen-bond acceptors (Lipinski definition) is 3. The van der Waals surface area contributed by atoms with E-state index in [1.165, 1.54) is 0 Å². The van der Waals surface area contributed by atoms with Crippen molar-refractivity contribution in [3.05, 3.63) is 22.3 Å². The normalized spacial score (nSPS) is 15.1. The number of halogens is 1. The maximum atomic E-state index is 12.0. The predicted octanol–water partition coefficient (Wildman–Crippen LogP) is 2.72. The lowest BCUT2D eigenvalue weighted by molar-refractivity contribution is 0.344. The standard InChI is InChI=1S/C9H13BrNO2P/c1-4-13-14(3,12)9-6-8(10)5-7(2)11-9/h5-6H,4H2,1-3H3. The summed E-state index contributed by atoms with van der Waals surface area (Å²) in [5, 5.41) is 0. The third-order valence-corrected chi connectivity index (χ3v) is 3.97. The van der Waals surface area contributed by atoms with Gasteiger partial charge in [-0.15, -0.1) is 0 Å². The predicted molar refractivity (Wildman–Crippen MR) is 61.5 cm³/mol. The van der Waals surface area contributed by atoms with Crippen LogP contribution in [-0.2, 0) is 9.09 Å². The highest BCUT2D eigenvalue weighted by Gasteiger charge is 2.20. The SMILES string of the molecule is CCOP(C)(=O)c1cc(Br)cc(C)n1. The first-order valence-electron chi connectivity index (χ1n) is 4.32. The van der Waals surface area contributed by atoms with Crippen molar-refractivity contribution in [2.45, 2.75) is 13.8 Å². The number of hydrogen-bond donors (Lipinski definition) is 0. The number of aryl methyl sites for hydroxylation is 1. The second kappa shape index (κ2) is 4.56. The highest BCUT2D eigenvalue weighted by molar-refractivity contribution is 9.10. The van der Waals surface area contributed by atoms with Gasteiger partial charge in [-0.3, -0.25) is 4.57 Å². The van der Waals surface area contributed by atoms with Crippen molar-refractivity contribution in [1.29, 1.82) is 0 Å². The minimum Gasteiger partial charge on any atom is -0.325 e. The van der Waals surface area contributed by atoms with E-state index in [1.54, 1.807) is 12.7 Å². The van der Waals surface area contributed by atoms with Crippen molar-refractivity contribution in [3.8, 4) is 0 Å². The minimum absolute atomic E-state index is 0.432. The van der Waals surface area contributed by atoms with E-state index >= 15 is 0 Å². The molecule has 0 aromatic carbocycles. The van der Waals surface area contributed by atoms with Crippen molar-refractivity contribution in [1.82, 2.24) is 4.98 Å². The van der Waals surface area contributed by atoms with Crippen LogP contribution in [-0.4, -0.2) is 18.3 Å². The molecular formula is C9H13BrNO2P. The van der Waals surface area contributed by atoms with E-state index in [0.717, 1.165) is 10.2 Å². The summed E-state index contributed by atoms with van der Waals surface area (Å²) in [4.78, 5) is 4.21. The molecular weight excluding hydrogens is 265 g/mol. The molecule has 0 amide bonds. The minimum atomic E-state index is -2.74. The molecule has 0 fully saturated rings. The Morgan fingerprint density at radius 1 is 1.57 bits per heavy atom. The Bertz CT molecular complexity index is 361. The number of pyridine rings is 1. The molecule has 1 aromatic rings. The quantitative estimate of drug-likeness (QED) is 0.798. The van der Waals surface area contributed by atoms with Gasteiger partial charge < -0.3 is 4.52 Å². The average Bonchev–Trinajstić information content (AvgIpc) is 2.02. The van der Waals surface area contributed by atoms with Crippen LogP contribution < -0.4 is 5.44 Å². The van der Waals surface area contributed by atoms with E-state index in [0.29, 0.717) is 12.0 Å². The van der Waals surface area contributed by atoms with Gasteiger partial charge in [0.2, 0.25) is 7.37 Å². The van der Waals surface area contributed by atoms with Crippen LogP contribution in [0.1, 0.15) is 12.6 Å². The van der Waals surface area contributed by atoms with Crippen LogP contribution in [0.15, 0.2) is 16.6 Å². The van der Waals surface area contributed by atoms with Gasteiger partial charge in [0.05, 0.1) is 6.61 Å². The molecule has 3 nitrogen and oxygen atoms in total. The molecule has 0 spiro atoms. The lowest BCUT2D eigenvalue weighted by atomic mass is 10.4. The van der Waals surface area contributed by atoms with E-state index in [4.69, 9.17) is 4.52 Å². The molecule has 78 valence electrons. The molecule has 0 N–H and O–H groups in total. The molecule has 0 aliphatic rings. The smallest absolute Gasteiger partial charge is 0.247 e. The first kappa shape index (κ1) is 11.9. The summed E-state index contributed by atoms with van der Waals surface area (Å²) in [5.41, 5.74) is 1.35. The summed E-state index contributed by atoms with van der Waals surface area (Å²) in [5.74, 6) is 0. The van der Waals surface area contributed by atoms with Gasteiger partial charge in [0.1, 0.15) is 5.44 Å². The molecule has 0 saturated heterocycles. The molecule has 1 rings (SSSR count). The van der Waals surface area contributed by atoms with Crippen LogP contribution >= 0.6 is 23.3 Å². The lowest BCUT2D eigenvalue weighted by Gasteiger charge is -2.12. The van der Waals surface area contributed by atoms with Gasteiger partial charge in [-0.2, -0.15) is 0 Å². The first-order chi connectivity index (χ1) is 6.45. The Kier molecular flexibility index (Phi) is 3.87. The average molecular weight is 278 g/mol. The fourth-order valence-corrected chi connectivity index (χ4v) is 3.19. The summed E-state index contributed by atoms with van der Waals surface area (Å²) in [6.07, 6.45) is 0. The molecule has 0 radical (unpaired) electrons. The van der Waals surface area contributed by atoms with E-state index in [1.807, 2.05) is 19.9 Å². The summed E-state index contributed by atoms with van der Waals surface area (Å²) >= 11 is 3.34. The van der Waals surface area contributed by atoms with Gasteiger partial charge in [0.15, 0.2) is 0 Å². The van der Waals surface area contributed by atoms with Gasteiger partial charge >= 0.3 is 0 Å². The number of aromatic nitrogens is 1. The van der Waals surface area contributed by atoms with Crippen LogP contribution in [0.4, 0.5) is 0 Å². The van der Waals surface area contributed by atoms with Crippen molar-refractivity contribution in [2.24, 2.45) is 0 Å². The second-order valence-electron chi connectivity index (χ2n) is 3.05. The van der Waals surface area contributed by atoms with E-state index in [-0.39, 0.29) is 0 Å². The molecule has 0 aliphatic carbocycles. The van der Waals surface area contributed by atoms with Gasteiger partial charge in [-0.25, -0.2) is 4.98 Å². The van der Waals surface area contributed by atoms with Crippen LogP contribution in [0.2, 0.25) is 0 Å². The zero-order valence-corrected chi connectivity index (χ0v) is 10.9. The summed E-state index contributed by atoms with van der Waals surface area (Å²) in [6, 6.07) is 3.61. The highest BCUT2D eigenvalue weighted by Crippen LogP contribution is 2.40. The van der Waals surface area contributed by atoms with Crippen LogP contribution in [0.5, 0.6) is 0 Å². The van der Waals surface area contributed by atoms with Crippen molar-refractivity contribution in [3.63, 3.8) is 0 Å². The Balaban J connectivity index is 3.12. The zero-order valence-electron chi connectivity index (χ0n) is 8.45. The maximum absolute atomic E-state index is 12.0. The molecule has 0 aliphatic heterocycles. The lowest BCUT2D eigenvalue weighted by Crippen LogP contribution is -2.12. The molecule has 1 heterocycles. The van der Waals surface area contributed by atoms with Crippen molar-refractivity contribution in [2.75, 3.05) is 13.3 Å². The third kappa shape index (κ3) is 2.91. The maximum Gasteiger partial charge on any atom is 0.247 e. The molecule has 5 heteroatoms. The fraction of sp³-hybridized carbons (Fsp3) is 0.444. The molecule has 0 bridgehead atoms. The molecule has 1 unspecified atom stereocenters. The molecule has 1 aromatic heterocycles. The molecule has 1 atom stereocenters. The number of rotatable bonds is 3.